The Morgan fingerprint density at radius 3 is 2.62 bits per heavy atom. The minimum Gasteiger partial charge on any atom is -0.376 e. The summed E-state index contributed by atoms with van der Waals surface area (Å²) in [6.07, 6.45) is -3.37. The van der Waals surface area contributed by atoms with Gasteiger partial charge in [-0.2, -0.15) is 18.3 Å². The first-order valence-electron chi connectivity index (χ1n) is 7.24. The molecule has 7 nitrogen and oxygen atoms in total. The lowest BCUT2D eigenvalue weighted by Gasteiger charge is -2.10. The van der Waals surface area contributed by atoms with Crippen LogP contribution in [0, 0.1) is 10.1 Å². The van der Waals surface area contributed by atoms with E-state index in [1.807, 2.05) is 0 Å². The molecular weight excluding hydrogens is 353 g/mol. The molecule has 2 aromatic rings. The van der Waals surface area contributed by atoms with Gasteiger partial charge in [-0.15, -0.1) is 0 Å². The number of alkyl halides is 3. The first-order chi connectivity index (χ1) is 12.3. The van der Waals surface area contributed by atoms with Crippen LogP contribution >= 0.6 is 0 Å². The van der Waals surface area contributed by atoms with Gasteiger partial charge in [-0.05, 0) is 24.3 Å². The maximum atomic E-state index is 12.6. The zero-order valence-corrected chi connectivity index (χ0v) is 13.2. The van der Waals surface area contributed by atoms with E-state index in [-0.39, 0.29) is 23.5 Å². The summed E-state index contributed by atoms with van der Waals surface area (Å²) in [7, 11) is 0. The summed E-state index contributed by atoms with van der Waals surface area (Å²) in [5.74, 6) is -0.628. The highest BCUT2D eigenvalue weighted by Crippen LogP contribution is 2.30. The van der Waals surface area contributed by atoms with E-state index in [4.69, 9.17) is 0 Å². The standard InChI is InChI=1S/C16H13F3N4O3/c17-16(18,19)12-5-3-6-13(8-12)20-10-15(24)22-21-9-11-4-1-2-7-14(11)23(25)26/h1-9,20H,10H2,(H,22,24)/b21-9+. The van der Waals surface area contributed by atoms with Crippen LogP contribution in [0.2, 0.25) is 0 Å². The van der Waals surface area contributed by atoms with Gasteiger partial charge in [-0.25, -0.2) is 5.43 Å². The minimum atomic E-state index is -4.48. The van der Waals surface area contributed by atoms with Crippen LogP contribution in [0.3, 0.4) is 0 Å². The molecule has 0 heterocycles. The molecule has 0 aliphatic carbocycles. The van der Waals surface area contributed by atoms with E-state index >= 15 is 0 Å². The van der Waals surface area contributed by atoms with Gasteiger partial charge in [0.15, 0.2) is 0 Å². The molecule has 136 valence electrons. The van der Waals surface area contributed by atoms with Crippen LogP contribution in [-0.2, 0) is 11.0 Å². The number of carbonyl (C=O) groups excluding carboxylic acids is 1. The number of para-hydroxylation sites is 1. The third-order valence-electron chi connectivity index (χ3n) is 3.17. The number of nitrogens with zero attached hydrogens (tertiary/aromatic N) is 2. The monoisotopic (exact) mass is 366 g/mol. The number of amides is 1. The summed E-state index contributed by atoms with van der Waals surface area (Å²) >= 11 is 0. The number of nitrogens with one attached hydrogen (secondary N) is 2. The van der Waals surface area contributed by atoms with Gasteiger partial charge in [0.2, 0.25) is 0 Å². The number of anilines is 1. The van der Waals surface area contributed by atoms with E-state index in [9.17, 15) is 28.1 Å². The zero-order valence-electron chi connectivity index (χ0n) is 13.2. The molecule has 0 spiro atoms. The molecule has 0 bridgehead atoms. The van der Waals surface area contributed by atoms with Gasteiger partial charge >= 0.3 is 6.18 Å². The molecule has 0 saturated heterocycles. The highest BCUT2D eigenvalue weighted by atomic mass is 19.4. The number of hydrazone groups is 1. The van der Waals surface area contributed by atoms with Crippen LogP contribution in [0.15, 0.2) is 53.6 Å². The number of carbonyl (C=O) groups is 1. The fourth-order valence-electron chi connectivity index (χ4n) is 1.96. The Balaban J connectivity index is 1.91. The van der Waals surface area contributed by atoms with Crippen LogP contribution in [0.1, 0.15) is 11.1 Å². The van der Waals surface area contributed by atoms with E-state index < -0.39 is 22.6 Å². The number of hydrogen-bond donors (Lipinski definition) is 2. The summed E-state index contributed by atoms with van der Waals surface area (Å²) in [4.78, 5) is 21.9. The largest absolute Gasteiger partial charge is 0.416 e. The Hall–Kier alpha value is -3.43. The van der Waals surface area contributed by atoms with Crippen LogP contribution in [0.5, 0.6) is 0 Å². The summed E-state index contributed by atoms with van der Waals surface area (Å²) in [6.45, 7) is -0.324. The van der Waals surface area contributed by atoms with Crippen molar-refractivity contribution >= 4 is 23.5 Å². The Kier molecular flexibility index (Phi) is 5.89. The fourth-order valence-corrected chi connectivity index (χ4v) is 1.96. The van der Waals surface area contributed by atoms with E-state index in [2.05, 4.69) is 15.8 Å². The van der Waals surface area contributed by atoms with Gasteiger partial charge in [-0.3, -0.25) is 14.9 Å². The third kappa shape index (κ3) is 5.30. The molecule has 0 aromatic heterocycles. The van der Waals surface area contributed by atoms with Crippen molar-refractivity contribution in [3.63, 3.8) is 0 Å². The molecular formula is C16H13F3N4O3. The normalized spacial score (nSPS) is 11.3. The molecule has 0 radical (unpaired) electrons. The zero-order chi connectivity index (χ0) is 19.2. The molecule has 0 unspecified atom stereocenters. The summed E-state index contributed by atoms with van der Waals surface area (Å²) in [5, 5.41) is 17.0. The van der Waals surface area contributed by atoms with E-state index in [1.165, 1.54) is 30.3 Å². The first-order valence-corrected chi connectivity index (χ1v) is 7.24. The Labute approximate surface area is 145 Å². The van der Waals surface area contributed by atoms with Gasteiger partial charge in [0, 0.05) is 11.8 Å². The Bertz CT molecular complexity index is 837. The van der Waals surface area contributed by atoms with Crippen LogP contribution in [0.4, 0.5) is 24.5 Å². The van der Waals surface area contributed by atoms with Crippen molar-refractivity contribution in [3.8, 4) is 0 Å². The van der Waals surface area contributed by atoms with E-state index in [1.54, 1.807) is 6.07 Å². The molecule has 0 aliphatic heterocycles. The quantitative estimate of drug-likeness (QED) is 0.466. The molecule has 0 fully saturated rings. The summed E-state index contributed by atoms with van der Waals surface area (Å²) in [6, 6.07) is 10.2. The molecule has 0 atom stereocenters. The molecule has 2 rings (SSSR count). The van der Waals surface area contributed by atoms with Crippen LogP contribution in [-0.4, -0.2) is 23.6 Å². The van der Waals surface area contributed by atoms with Gasteiger partial charge in [0.05, 0.1) is 28.8 Å². The second kappa shape index (κ2) is 8.10. The van der Waals surface area contributed by atoms with Crippen molar-refractivity contribution in [1.29, 1.82) is 0 Å². The minimum absolute atomic E-state index is 0.123. The summed E-state index contributed by atoms with van der Waals surface area (Å²) < 4.78 is 37.8. The van der Waals surface area contributed by atoms with Gasteiger partial charge in [0.25, 0.3) is 11.6 Å². The SMILES string of the molecule is O=C(CNc1cccc(C(F)(F)F)c1)N/N=C/c1ccccc1[N+](=O)[O-]. The van der Waals surface area contributed by atoms with Crippen molar-refractivity contribution in [1.82, 2.24) is 5.43 Å². The molecule has 2 aromatic carbocycles. The van der Waals surface area contributed by atoms with Gasteiger partial charge in [0.1, 0.15) is 0 Å². The molecule has 10 heteroatoms. The lowest BCUT2D eigenvalue weighted by atomic mass is 10.2. The third-order valence-corrected chi connectivity index (χ3v) is 3.17. The lowest BCUT2D eigenvalue weighted by Crippen LogP contribution is -2.26. The van der Waals surface area contributed by atoms with Crippen LogP contribution < -0.4 is 10.7 Å². The average molecular weight is 366 g/mol. The Morgan fingerprint density at radius 1 is 1.19 bits per heavy atom. The average Bonchev–Trinajstić information content (AvgIpc) is 2.60. The second-order valence-corrected chi connectivity index (χ2v) is 5.04. The summed E-state index contributed by atoms with van der Waals surface area (Å²) in [5.41, 5.74) is 1.45. The topological polar surface area (TPSA) is 96.6 Å². The number of nitro groups is 1. The number of hydrogen-bond acceptors (Lipinski definition) is 5. The number of benzene rings is 2. The molecule has 2 N–H and O–H groups in total. The number of nitro benzene ring substituents is 1. The van der Waals surface area contributed by atoms with Crippen molar-refractivity contribution in [2.75, 3.05) is 11.9 Å². The predicted octanol–water partition coefficient (Wildman–Crippen LogP) is 3.18. The smallest absolute Gasteiger partial charge is 0.376 e. The highest BCUT2D eigenvalue weighted by molar-refractivity contribution is 5.87. The van der Waals surface area contributed by atoms with Crippen molar-refractivity contribution in [2.24, 2.45) is 5.10 Å². The molecule has 1 amide bonds. The second-order valence-electron chi connectivity index (χ2n) is 5.04. The van der Waals surface area contributed by atoms with Crippen molar-refractivity contribution in [2.45, 2.75) is 6.18 Å². The number of rotatable bonds is 6. The van der Waals surface area contributed by atoms with Crippen LogP contribution in [0.25, 0.3) is 0 Å². The maximum Gasteiger partial charge on any atom is 0.416 e. The maximum absolute atomic E-state index is 12.6. The number of halogens is 3. The highest BCUT2D eigenvalue weighted by Gasteiger charge is 2.30. The Morgan fingerprint density at radius 2 is 1.92 bits per heavy atom. The van der Waals surface area contributed by atoms with Gasteiger partial charge in [-0.1, -0.05) is 18.2 Å². The first kappa shape index (κ1) is 18.9. The van der Waals surface area contributed by atoms with E-state index in [0.717, 1.165) is 18.3 Å². The van der Waals surface area contributed by atoms with Gasteiger partial charge < -0.3 is 5.32 Å². The van der Waals surface area contributed by atoms with Crippen molar-refractivity contribution in [3.05, 3.63) is 69.8 Å². The molecule has 26 heavy (non-hydrogen) atoms. The predicted molar refractivity (Wildman–Crippen MR) is 88.8 cm³/mol. The molecule has 0 saturated carbocycles. The van der Waals surface area contributed by atoms with E-state index in [0.29, 0.717) is 0 Å². The van der Waals surface area contributed by atoms with Crippen molar-refractivity contribution < 1.29 is 22.9 Å². The fraction of sp³-hybridized carbons (Fsp3) is 0.125. The molecule has 0 aliphatic rings. The lowest BCUT2D eigenvalue weighted by molar-refractivity contribution is -0.385.